The van der Waals surface area contributed by atoms with E-state index in [1.807, 2.05) is 12.1 Å². The first-order chi connectivity index (χ1) is 16.3. The molecular weight excluding hydrogens is 408 g/mol. The fraction of sp³-hybridized carbons (Fsp3) is 0.172. The van der Waals surface area contributed by atoms with Crippen LogP contribution in [0.3, 0.4) is 0 Å². The molecule has 1 atom stereocenters. The minimum atomic E-state index is -0.600. The van der Waals surface area contributed by atoms with E-state index in [9.17, 15) is 5.11 Å². The second kappa shape index (κ2) is 9.59. The maximum absolute atomic E-state index is 10.9. The first-order valence-electron chi connectivity index (χ1n) is 11.4. The van der Waals surface area contributed by atoms with E-state index >= 15 is 0 Å². The SMILES string of the molecule is OCCNC[C@@H](O)Cn1c(-c2ccccc2)c(-c2ccccc2)c2ccc3ccccc3c21. The Morgan fingerprint density at radius 1 is 0.727 bits per heavy atom. The Morgan fingerprint density at radius 3 is 2.12 bits per heavy atom. The summed E-state index contributed by atoms with van der Waals surface area (Å²) in [4.78, 5) is 0. The number of benzene rings is 4. The Kier molecular flexibility index (Phi) is 6.22. The number of aromatic nitrogens is 1. The zero-order chi connectivity index (χ0) is 22.6. The van der Waals surface area contributed by atoms with Crippen molar-refractivity contribution in [2.45, 2.75) is 12.6 Å². The number of rotatable bonds is 8. The summed E-state index contributed by atoms with van der Waals surface area (Å²) in [5, 5.41) is 26.7. The molecule has 0 aliphatic carbocycles. The molecule has 0 radical (unpaired) electrons. The number of fused-ring (bicyclic) bond motifs is 3. The van der Waals surface area contributed by atoms with Crippen LogP contribution in [-0.2, 0) is 6.54 Å². The molecule has 0 spiro atoms. The lowest BCUT2D eigenvalue weighted by molar-refractivity contribution is 0.151. The molecule has 5 rings (SSSR count). The Bertz CT molecular complexity index is 1360. The van der Waals surface area contributed by atoms with Crippen LogP contribution in [0, 0.1) is 0 Å². The van der Waals surface area contributed by atoms with Gasteiger partial charge in [-0.05, 0) is 16.5 Å². The minimum absolute atomic E-state index is 0.0528. The molecule has 0 amide bonds. The van der Waals surface area contributed by atoms with Crippen LogP contribution in [0.1, 0.15) is 0 Å². The molecule has 0 aliphatic heterocycles. The Labute approximate surface area is 193 Å². The molecule has 4 nitrogen and oxygen atoms in total. The largest absolute Gasteiger partial charge is 0.395 e. The fourth-order valence-electron chi connectivity index (χ4n) is 4.72. The Balaban J connectivity index is 1.82. The third-order valence-electron chi connectivity index (χ3n) is 6.12. The molecular formula is C29H28N2O2. The van der Waals surface area contributed by atoms with E-state index in [1.165, 1.54) is 21.7 Å². The van der Waals surface area contributed by atoms with Crippen molar-refractivity contribution in [1.82, 2.24) is 9.88 Å². The third-order valence-corrected chi connectivity index (χ3v) is 6.12. The highest BCUT2D eigenvalue weighted by molar-refractivity contribution is 6.15. The molecule has 0 saturated heterocycles. The molecule has 1 aromatic heterocycles. The number of nitrogens with one attached hydrogen (secondary N) is 1. The summed E-state index contributed by atoms with van der Waals surface area (Å²) in [6.45, 7) is 1.38. The zero-order valence-corrected chi connectivity index (χ0v) is 18.5. The predicted octanol–water partition coefficient (Wildman–Crippen LogP) is 5.07. The van der Waals surface area contributed by atoms with Gasteiger partial charge in [0.15, 0.2) is 0 Å². The summed E-state index contributed by atoms with van der Waals surface area (Å²) in [6, 6.07) is 33.7. The maximum atomic E-state index is 10.9. The van der Waals surface area contributed by atoms with Crippen LogP contribution in [0.5, 0.6) is 0 Å². The van der Waals surface area contributed by atoms with Crippen LogP contribution in [-0.4, -0.2) is 40.6 Å². The third kappa shape index (κ3) is 4.16. The van der Waals surface area contributed by atoms with Gasteiger partial charge >= 0.3 is 0 Å². The van der Waals surface area contributed by atoms with Crippen molar-refractivity contribution in [2.75, 3.05) is 19.7 Å². The summed E-state index contributed by atoms with van der Waals surface area (Å²) < 4.78 is 2.28. The fourth-order valence-corrected chi connectivity index (χ4v) is 4.72. The van der Waals surface area contributed by atoms with Crippen LogP contribution in [0.25, 0.3) is 44.1 Å². The maximum Gasteiger partial charge on any atom is 0.0843 e. The summed E-state index contributed by atoms with van der Waals surface area (Å²) in [7, 11) is 0. The molecule has 0 saturated carbocycles. The summed E-state index contributed by atoms with van der Waals surface area (Å²) >= 11 is 0. The van der Waals surface area contributed by atoms with Crippen molar-refractivity contribution < 1.29 is 10.2 Å². The predicted molar refractivity (Wildman–Crippen MR) is 136 cm³/mol. The van der Waals surface area contributed by atoms with Gasteiger partial charge in [-0.3, -0.25) is 0 Å². The van der Waals surface area contributed by atoms with Crippen molar-refractivity contribution in [1.29, 1.82) is 0 Å². The number of aliphatic hydroxyl groups is 2. The molecule has 4 aromatic carbocycles. The van der Waals surface area contributed by atoms with E-state index in [2.05, 4.69) is 94.8 Å². The lowest BCUT2D eigenvalue weighted by atomic mass is 9.97. The summed E-state index contributed by atoms with van der Waals surface area (Å²) in [5.74, 6) is 0. The average molecular weight is 437 g/mol. The summed E-state index contributed by atoms with van der Waals surface area (Å²) in [5.41, 5.74) is 5.69. The van der Waals surface area contributed by atoms with Gasteiger partial charge in [-0.25, -0.2) is 0 Å². The molecule has 0 bridgehead atoms. The normalized spacial score (nSPS) is 12.4. The minimum Gasteiger partial charge on any atom is -0.395 e. The van der Waals surface area contributed by atoms with E-state index in [1.54, 1.807) is 0 Å². The van der Waals surface area contributed by atoms with Crippen LogP contribution in [0.2, 0.25) is 0 Å². The van der Waals surface area contributed by atoms with Crippen LogP contribution < -0.4 is 5.32 Å². The molecule has 3 N–H and O–H groups in total. The van der Waals surface area contributed by atoms with Gasteiger partial charge in [-0.15, -0.1) is 0 Å². The molecule has 0 unspecified atom stereocenters. The second-order valence-corrected chi connectivity index (χ2v) is 8.33. The molecule has 166 valence electrons. The van der Waals surface area contributed by atoms with Gasteiger partial charge < -0.3 is 20.1 Å². The van der Waals surface area contributed by atoms with Gasteiger partial charge in [-0.1, -0.05) is 97.1 Å². The molecule has 5 aromatic rings. The van der Waals surface area contributed by atoms with E-state index in [0.717, 1.165) is 22.3 Å². The lowest BCUT2D eigenvalue weighted by Gasteiger charge is -2.18. The van der Waals surface area contributed by atoms with Crippen molar-refractivity contribution >= 4 is 21.7 Å². The Morgan fingerprint density at radius 2 is 1.39 bits per heavy atom. The van der Waals surface area contributed by atoms with Crippen LogP contribution in [0.4, 0.5) is 0 Å². The monoisotopic (exact) mass is 436 g/mol. The molecule has 0 aliphatic rings. The van der Waals surface area contributed by atoms with Crippen molar-refractivity contribution in [3.05, 3.63) is 97.1 Å². The van der Waals surface area contributed by atoms with Crippen molar-refractivity contribution in [2.24, 2.45) is 0 Å². The molecule has 0 fully saturated rings. The first-order valence-corrected chi connectivity index (χ1v) is 11.4. The van der Waals surface area contributed by atoms with Gasteiger partial charge in [0.2, 0.25) is 0 Å². The van der Waals surface area contributed by atoms with Gasteiger partial charge in [0, 0.05) is 29.4 Å². The molecule has 1 heterocycles. The number of hydrogen-bond donors (Lipinski definition) is 3. The van der Waals surface area contributed by atoms with Crippen molar-refractivity contribution in [3.63, 3.8) is 0 Å². The lowest BCUT2D eigenvalue weighted by Crippen LogP contribution is -2.32. The number of nitrogens with zero attached hydrogens (tertiary/aromatic N) is 1. The Hall–Kier alpha value is -3.44. The van der Waals surface area contributed by atoms with Gasteiger partial charge in [0.05, 0.1) is 30.5 Å². The zero-order valence-electron chi connectivity index (χ0n) is 18.5. The molecule has 33 heavy (non-hydrogen) atoms. The smallest absolute Gasteiger partial charge is 0.0843 e. The average Bonchev–Trinajstić information content (AvgIpc) is 3.19. The van der Waals surface area contributed by atoms with Crippen LogP contribution in [0.15, 0.2) is 97.1 Å². The van der Waals surface area contributed by atoms with E-state index in [-0.39, 0.29) is 6.61 Å². The van der Waals surface area contributed by atoms with E-state index in [0.29, 0.717) is 19.6 Å². The molecule has 4 heteroatoms. The number of aliphatic hydroxyl groups excluding tert-OH is 2. The highest BCUT2D eigenvalue weighted by Crippen LogP contribution is 2.43. The van der Waals surface area contributed by atoms with Crippen LogP contribution >= 0.6 is 0 Å². The van der Waals surface area contributed by atoms with E-state index < -0.39 is 6.10 Å². The highest BCUT2D eigenvalue weighted by Gasteiger charge is 2.23. The van der Waals surface area contributed by atoms with Gasteiger partial charge in [-0.2, -0.15) is 0 Å². The quantitative estimate of drug-likeness (QED) is 0.298. The summed E-state index contributed by atoms with van der Waals surface area (Å²) in [6.07, 6.45) is -0.600. The topological polar surface area (TPSA) is 57.4 Å². The highest BCUT2D eigenvalue weighted by atomic mass is 16.3. The first kappa shape index (κ1) is 21.4. The van der Waals surface area contributed by atoms with Gasteiger partial charge in [0.1, 0.15) is 0 Å². The van der Waals surface area contributed by atoms with Gasteiger partial charge in [0.25, 0.3) is 0 Å². The van der Waals surface area contributed by atoms with E-state index in [4.69, 9.17) is 5.11 Å². The van der Waals surface area contributed by atoms with Crippen molar-refractivity contribution in [3.8, 4) is 22.4 Å². The standard InChI is InChI=1S/C29H28N2O2/c32-18-17-30-19-24(33)20-31-28(23-12-5-2-6-13-23)27(22-10-3-1-4-11-22)26-16-15-21-9-7-8-14-25(21)29(26)31/h1-16,24,30,32-33H,17-20H2/t24-/m1/s1. The number of hydrogen-bond acceptors (Lipinski definition) is 3. The second-order valence-electron chi connectivity index (χ2n) is 8.33.